The van der Waals surface area contributed by atoms with E-state index in [2.05, 4.69) is 10.3 Å². The van der Waals surface area contributed by atoms with Crippen LogP contribution in [0.25, 0.3) is 0 Å². The van der Waals surface area contributed by atoms with Gasteiger partial charge in [0, 0.05) is 24.7 Å². The molecule has 2 fully saturated rings. The minimum absolute atomic E-state index is 0.00585. The van der Waals surface area contributed by atoms with Crippen molar-refractivity contribution in [2.45, 2.75) is 38.6 Å². The first-order chi connectivity index (χ1) is 13.5. The van der Waals surface area contributed by atoms with E-state index in [1.807, 2.05) is 4.90 Å². The zero-order valence-electron chi connectivity index (χ0n) is 15.8. The summed E-state index contributed by atoms with van der Waals surface area (Å²) in [6.07, 6.45) is 6.05. The van der Waals surface area contributed by atoms with Gasteiger partial charge >= 0.3 is 6.03 Å². The number of amides is 3. The van der Waals surface area contributed by atoms with Crippen molar-refractivity contribution in [3.05, 3.63) is 53.5 Å². The van der Waals surface area contributed by atoms with E-state index < -0.39 is 11.7 Å². The zero-order valence-corrected chi connectivity index (χ0v) is 15.8. The van der Waals surface area contributed by atoms with E-state index in [0.29, 0.717) is 29.7 Å². The molecule has 28 heavy (non-hydrogen) atoms. The number of hydrogen-bond donors (Lipinski definition) is 1. The Labute approximate surface area is 163 Å². The SMILES string of the molecule is Cc1ccc(C(=O)Nc2ccc(N3CCN(C4CCCC4)C3=O)nc2)cc1F. The lowest BCUT2D eigenvalue weighted by Crippen LogP contribution is -2.38. The van der Waals surface area contributed by atoms with E-state index in [0.717, 1.165) is 19.4 Å². The topological polar surface area (TPSA) is 65.5 Å². The summed E-state index contributed by atoms with van der Waals surface area (Å²) in [5.41, 5.74) is 1.23. The molecular formula is C21H23FN4O2. The molecule has 146 valence electrons. The highest BCUT2D eigenvalue weighted by Gasteiger charge is 2.36. The monoisotopic (exact) mass is 382 g/mol. The lowest BCUT2D eigenvalue weighted by atomic mass is 10.1. The first kappa shape index (κ1) is 18.4. The van der Waals surface area contributed by atoms with Crippen LogP contribution in [0.4, 0.5) is 20.7 Å². The molecule has 0 atom stereocenters. The van der Waals surface area contributed by atoms with Gasteiger partial charge in [0.05, 0.1) is 11.9 Å². The second-order valence-corrected chi connectivity index (χ2v) is 7.39. The van der Waals surface area contributed by atoms with Crippen LogP contribution in [-0.2, 0) is 0 Å². The lowest BCUT2D eigenvalue weighted by molar-refractivity contribution is 0.102. The first-order valence-electron chi connectivity index (χ1n) is 9.64. The van der Waals surface area contributed by atoms with Gasteiger partial charge in [0.15, 0.2) is 0 Å². The van der Waals surface area contributed by atoms with Crippen molar-refractivity contribution >= 4 is 23.4 Å². The number of urea groups is 1. The van der Waals surface area contributed by atoms with Crippen LogP contribution >= 0.6 is 0 Å². The van der Waals surface area contributed by atoms with Gasteiger partial charge in [-0.1, -0.05) is 18.9 Å². The van der Waals surface area contributed by atoms with Gasteiger partial charge in [0.2, 0.25) is 0 Å². The van der Waals surface area contributed by atoms with Gasteiger partial charge in [-0.05, 0) is 49.6 Å². The predicted molar refractivity (Wildman–Crippen MR) is 105 cm³/mol. The van der Waals surface area contributed by atoms with E-state index in [1.165, 1.54) is 25.1 Å². The zero-order chi connectivity index (χ0) is 19.7. The number of nitrogens with one attached hydrogen (secondary N) is 1. The Morgan fingerprint density at radius 2 is 1.96 bits per heavy atom. The smallest absolute Gasteiger partial charge is 0.321 e. The van der Waals surface area contributed by atoms with Crippen LogP contribution in [-0.4, -0.2) is 41.0 Å². The second kappa shape index (κ2) is 7.58. The molecule has 1 N–H and O–H groups in total. The molecule has 7 heteroatoms. The molecule has 0 unspecified atom stereocenters. The van der Waals surface area contributed by atoms with Crippen molar-refractivity contribution < 1.29 is 14.0 Å². The molecule has 1 saturated carbocycles. The summed E-state index contributed by atoms with van der Waals surface area (Å²) in [6, 6.07) is 8.15. The standard InChI is InChI=1S/C21H23FN4O2/c1-14-6-7-15(12-18(14)22)20(27)24-16-8-9-19(23-13-16)26-11-10-25(21(26)28)17-4-2-3-5-17/h6-9,12-13,17H,2-5,10-11H2,1H3,(H,24,27). The van der Waals surface area contributed by atoms with Gasteiger partial charge in [-0.25, -0.2) is 14.2 Å². The highest BCUT2D eigenvalue weighted by molar-refractivity contribution is 6.04. The molecule has 1 aromatic heterocycles. The van der Waals surface area contributed by atoms with Crippen molar-refractivity contribution in [1.82, 2.24) is 9.88 Å². The van der Waals surface area contributed by atoms with Crippen LogP contribution in [0.3, 0.4) is 0 Å². The van der Waals surface area contributed by atoms with Gasteiger partial charge in [0.25, 0.3) is 5.91 Å². The third kappa shape index (κ3) is 3.56. The molecule has 2 aliphatic rings. The fourth-order valence-corrected chi connectivity index (χ4v) is 3.88. The van der Waals surface area contributed by atoms with Crippen molar-refractivity contribution in [1.29, 1.82) is 0 Å². The number of carbonyl (C=O) groups excluding carboxylic acids is 2. The summed E-state index contributed by atoms with van der Waals surface area (Å²) < 4.78 is 13.7. The van der Waals surface area contributed by atoms with Gasteiger partial charge in [-0.15, -0.1) is 0 Å². The Morgan fingerprint density at radius 1 is 1.18 bits per heavy atom. The summed E-state index contributed by atoms with van der Waals surface area (Å²) in [5, 5.41) is 2.71. The summed E-state index contributed by atoms with van der Waals surface area (Å²) >= 11 is 0. The molecule has 3 amide bonds. The van der Waals surface area contributed by atoms with Gasteiger partial charge < -0.3 is 10.2 Å². The normalized spacial score (nSPS) is 17.4. The quantitative estimate of drug-likeness (QED) is 0.870. The van der Waals surface area contributed by atoms with Crippen molar-refractivity contribution in [2.24, 2.45) is 0 Å². The van der Waals surface area contributed by atoms with Gasteiger partial charge in [-0.2, -0.15) is 0 Å². The maximum Gasteiger partial charge on any atom is 0.326 e. The van der Waals surface area contributed by atoms with Crippen LogP contribution in [0, 0.1) is 12.7 Å². The molecule has 6 nitrogen and oxygen atoms in total. The fraction of sp³-hybridized carbons (Fsp3) is 0.381. The van der Waals surface area contributed by atoms with Gasteiger partial charge in [0.1, 0.15) is 11.6 Å². The molecule has 1 saturated heterocycles. The van der Waals surface area contributed by atoms with Gasteiger partial charge in [-0.3, -0.25) is 9.69 Å². The lowest BCUT2D eigenvalue weighted by Gasteiger charge is -2.23. The minimum Gasteiger partial charge on any atom is -0.321 e. The Balaban J connectivity index is 1.42. The average molecular weight is 382 g/mol. The number of carbonyl (C=O) groups is 2. The molecule has 1 aromatic carbocycles. The number of rotatable bonds is 4. The number of hydrogen-bond acceptors (Lipinski definition) is 3. The number of halogens is 1. The predicted octanol–water partition coefficient (Wildman–Crippen LogP) is 3.97. The molecule has 0 spiro atoms. The maximum absolute atomic E-state index is 13.7. The van der Waals surface area contributed by atoms with Crippen LogP contribution in [0.5, 0.6) is 0 Å². The van der Waals surface area contributed by atoms with E-state index in [1.54, 1.807) is 36.1 Å². The van der Waals surface area contributed by atoms with Crippen molar-refractivity contribution in [3.63, 3.8) is 0 Å². The van der Waals surface area contributed by atoms with Crippen LogP contribution in [0.2, 0.25) is 0 Å². The number of nitrogens with zero attached hydrogens (tertiary/aromatic N) is 3. The minimum atomic E-state index is -0.416. The van der Waals surface area contributed by atoms with E-state index >= 15 is 0 Å². The third-order valence-corrected chi connectivity index (χ3v) is 5.52. The second-order valence-electron chi connectivity index (χ2n) is 7.39. The molecule has 1 aliphatic carbocycles. The maximum atomic E-state index is 13.7. The van der Waals surface area contributed by atoms with Crippen LogP contribution in [0.15, 0.2) is 36.5 Å². The molecule has 0 radical (unpaired) electrons. The number of aryl methyl sites for hydroxylation is 1. The van der Waals surface area contributed by atoms with Crippen molar-refractivity contribution in [3.8, 4) is 0 Å². The molecular weight excluding hydrogens is 359 g/mol. The Morgan fingerprint density at radius 3 is 2.64 bits per heavy atom. The summed E-state index contributed by atoms with van der Waals surface area (Å²) in [5.74, 6) is -0.247. The third-order valence-electron chi connectivity index (χ3n) is 5.52. The number of anilines is 2. The van der Waals surface area contributed by atoms with Crippen LogP contribution < -0.4 is 10.2 Å². The molecule has 1 aliphatic heterocycles. The summed E-state index contributed by atoms with van der Waals surface area (Å²) in [7, 11) is 0. The largest absolute Gasteiger partial charge is 0.326 e. The first-order valence-corrected chi connectivity index (χ1v) is 9.64. The highest BCUT2D eigenvalue weighted by atomic mass is 19.1. The van der Waals surface area contributed by atoms with E-state index in [9.17, 15) is 14.0 Å². The molecule has 0 bridgehead atoms. The number of benzene rings is 1. The molecule has 4 rings (SSSR count). The molecule has 2 heterocycles. The Kier molecular flexibility index (Phi) is 4.98. The average Bonchev–Trinajstić information content (AvgIpc) is 3.34. The van der Waals surface area contributed by atoms with E-state index in [4.69, 9.17) is 0 Å². The van der Waals surface area contributed by atoms with Crippen LogP contribution in [0.1, 0.15) is 41.6 Å². The summed E-state index contributed by atoms with van der Waals surface area (Å²) in [6.45, 7) is 2.99. The number of aromatic nitrogens is 1. The Bertz CT molecular complexity index is 894. The molecule has 2 aromatic rings. The fourth-order valence-electron chi connectivity index (χ4n) is 3.88. The van der Waals surface area contributed by atoms with Crippen molar-refractivity contribution in [2.75, 3.05) is 23.3 Å². The number of pyridine rings is 1. The Hall–Kier alpha value is -2.96. The van der Waals surface area contributed by atoms with E-state index in [-0.39, 0.29) is 11.6 Å². The summed E-state index contributed by atoms with van der Waals surface area (Å²) in [4.78, 5) is 33.0. The highest BCUT2D eigenvalue weighted by Crippen LogP contribution is 2.28.